The van der Waals surface area contributed by atoms with Crippen LogP contribution in [-0.4, -0.2) is 15.9 Å². The van der Waals surface area contributed by atoms with Crippen molar-refractivity contribution >= 4 is 46.3 Å². The van der Waals surface area contributed by atoms with Gasteiger partial charge in [0.05, 0.1) is 10.0 Å². The van der Waals surface area contributed by atoms with Crippen LogP contribution in [0.15, 0.2) is 54.9 Å². The van der Waals surface area contributed by atoms with E-state index in [1.165, 1.54) is 30.6 Å². The molecular formula is C17H11Cl2FN4O. The number of halogens is 3. The second-order valence-electron chi connectivity index (χ2n) is 5.01. The predicted molar refractivity (Wildman–Crippen MR) is 96.1 cm³/mol. The molecule has 0 aliphatic carbocycles. The highest BCUT2D eigenvalue weighted by Gasteiger charge is 2.10. The van der Waals surface area contributed by atoms with E-state index in [9.17, 15) is 9.18 Å². The fraction of sp³-hybridized carbons (Fsp3) is 0. The molecule has 0 aliphatic heterocycles. The minimum absolute atomic E-state index is 0.127. The number of carbonyl (C=O) groups is 1. The quantitative estimate of drug-likeness (QED) is 0.678. The number of nitrogens with zero attached hydrogens (tertiary/aromatic N) is 2. The van der Waals surface area contributed by atoms with Crippen LogP contribution in [0, 0.1) is 5.82 Å². The molecule has 0 unspecified atom stereocenters. The summed E-state index contributed by atoms with van der Waals surface area (Å²) in [5, 5.41) is 6.41. The number of anilines is 3. The Balaban J connectivity index is 1.76. The van der Waals surface area contributed by atoms with Gasteiger partial charge in [0.1, 0.15) is 23.7 Å². The maximum atomic E-state index is 13.2. The molecule has 25 heavy (non-hydrogen) atoms. The third kappa shape index (κ3) is 4.43. The highest BCUT2D eigenvalue weighted by atomic mass is 35.5. The molecule has 0 spiro atoms. The van der Waals surface area contributed by atoms with Gasteiger partial charge in [0.15, 0.2) is 0 Å². The molecule has 2 aromatic carbocycles. The summed E-state index contributed by atoms with van der Waals surface area (Å²) in [7, 11) is 0. The first-order valence-corrected chi connectivity index (χ1v) is 7.88. The van der Waals surface area contributed by atoms with Crippen LogP contribution < -0.4 is 10.6 Å². The number of nitrogens with one attached hydrogen (secondary N) is 2. The number of benzene rings is 2. The molecule has 0 saturated heterocycles. The second-order valence-corrected chi connectivity index (χ2v) is 5.82. The molecule has 1 aromatic heterocycles. The molecule has 2 N–H and O–H groups in total. The molecule has 5 nitrogen and oxygen atoms in total. The molecule has 0 aliphatic rings. The average Bonchev–Trinajstić information content (AvgIpc) is 2.58. The highest BCUT2D eigenvalue weighted by Crippen LogP contribution is 2.26. The molecule has 1 amide bonds. The van der Waals surface area contributed by atoms with Gasteiger partial charge in [0.25, 0.3) is 5.91 Å². The summed E-state index contributed by atoms with van der Waals surface area (Å²) in [6.07, 6.45) is 1.25. The topological polar surface area (TPSA) is 66.9 Å². The van der Waals surface area contributed by atoms with Gasteiger partial charge in [-0.2, -0.15) is 0 Å². The van der Waals surface area contributed by atoms with E-state index in [0.29, 0.717) is 27.2 Å². The van der Waals surface area contributed by atoms with Gasteiger partial charge in [0, 0.05) is 17.4 Å². The Bertz CT molecular complexity index is 936. The first kappa shape index (κ1) is 17.1. The van der Waals surface area contributed by atoms with Crippen LogP contribution in [0.2, 0.25) is 10.0 Å². The van der Waals surface area contributed by atoms with Crippen LogP contribution in [0.25, 0.3) is 0 Å². The van der Waals surface area contributed by atoms with Crippen LogP contribution >= 0.6 is 23.2 Å². The Labute approximate surface area is 152 Å². The van der Waals surface area contributed by atoms with E-state index in [1.54, 1.807) is 24.3 Å². The van der Waals surface area contributed by atoms with Gasteiger partial charge >= 0.3 is 0 Å². The lowest BCUT2D eigenvalue weighted by atomic mass is 10.3. The van der Waals surface area contributed by atoms with Crippen molar-refractivity contribution in [3.8, 4) is 0 Å². The Kier molecular flexibility index (Phi) is 5.11. The number of hydrogen-bond acceptors (Lipinski definition) is 4. The SMILES string of the molecule is O=C(Nc1cccc(F)c1)c1cc(Nc2ccc(Cl)c(Cl)c2)ncn1. The van der Waals surface area contributed by atoms with Crippen LogP contribution in [-0.2, 0) is 0 Å². The first-order chi connectivity index (χ1) is 12.0. The summed E-state index contributed by atoms with van der Waals surface area (Å²) < 4.78 is 13.2. The average molecular weight is 377 g/mol. The molecule has 0 fully saturated rings. The van der Waals surface area contributed by atoms with Crippen molar-refractivity contribution in [1.82, 2.24) is 9.97 Å². The minimum atomic E-state index is -0.481. The van der Waals surface area contributed by atoms with Crippen molar-refractivity contribution in [3.63, 3.8) is 0 Å². The summed E-state index contributed by atoms with van der Waals surface area (Å²) in [5.74, 6) is -0.523. The number of carbonyl (C=O) groups excluding carboxylic acids is 1. The summed E-state index contributed by atoms with van der Waals surface area (Å²) in [5.41, 5.74) is 1.12. The van der Waals surface area contributed by atoms with E-state index >= 15 is 0 Å². The highest BCUT2D eigenvalue weighted by molar-refractivity contribution is 6.42. The largest absolute Gasteiger partial charge is 0.340 e. The number of hydrogen-bond donors (Lipinski definition) is 2. The molecule has 3 rings (SSSR count). The van der Waals surface area contributed by atoms with Crippen molar-refractivity contribution in [2.45, 2.75) is 0 Å². The van der Waals surface area contributed by atoms with Crippen LogP contribution in [0.5, 0.6) is 0 Å². The Morgan fingerprint density at radius 2 is 1.80 bits per heavy atom. The zero-order chi connectivity index (χ0) is 17.8. The Morgan fingerprint density at radius 1 is 0.960 bits per heavy atom. The molecule has 126 valence electrons. The first-order valence-electron chi connectivity index (χ1n) is 7.12. The smallest absolute Gasteiger partial charge is 0.274 e. The van der Waals surface area contributed by atoms with E-state index < -0.39 is 11.7 Å². The van der Waals surface area contributed by atoms with Gasteiger partial charge in [-0.15, -0.1) is 0 Å². The zero-order valence-corrected chi connectivity index (χ0v) is 14.1. The zero-order valence-electron chi connectivity index (χ0n) is 12.6. The predicted octanol–water partition coefficient (Wildman–Crippen LogP) is 4.92. The molecule has 0 bridgehead atoms. The van der Waals surface area contributed by atoms with E-state index in [4.69, 9.17) is 23.2 Å². The maximum Gasteiger partial charge on any atom is 0.274 e. The molecular weight excluding hydrogens is 366 g/mol. The second kappa shape index (κ2) is 7.46. The molecule has 3 aromatic rings. The Morgan fingerprint density at radius 3 is 2.56 bits per heavy atom. The molecule has 0 radical (unpaired) electrons. The van der Waals surface area contributed by atoms with Crippen LogP contribution in [0.3, 0.4) is 0 Å². The lowest BCUT2D eigenvalue weighted by Gasteiger charge is -2.08. The summed E-state index contributed by atoms with van der Waals surface area (Å²) >= 11 is 11.8. The lowest BCUT2D eigenvalue weighted by molar-refractivity contribution is 0.102. The fourth-order valence-electron chi connectivity index (χ4n) is 2.03. The molecule has 1 heterocycles. The monoisotopic (exact) mass is 376 g/mol. The Hall–Kier alpha value is -2.70. The minimum Gasteiger partial charge on any atom is -0.340 e. The van der Waals surface area contributed by atoms with Crippen LogP contribution in [0.4, 0.5) is 21.6 Å². The number of amides is 1. The van der Waals surface area contributed by atoms with Gasteiger partial charge in [-0.05, 0) is 36.4 Å². The summed E-state index contributed by atoms with van der Waals surface area (Å²) in [6, 6.07) is 12.1. The third-order valence-electron chi connectivity index (χ3n) is 3.17. The van der Waals surface area contributed by atoms with Crippen molar-refractivity contribution < 1.29 is 9.18 Å². The van der Waals surface area contributed by atoms with Crippen molar-refractivity contribution in [2.75, 3.05) is 10.6 Å². The van der Waals surface area contributed by atoms with E-state index in [-0.39, 0.29) is 5.69 Å². The van der Waals surface area contributed by atoms with Gasteiger partial charge in [0.2, 0.25) is 0 Å². The van der Waals surface area contributed by atoms with E-state index in [2.05, 4.69) is 20.6 Å². The van der Waals surface area contributed by atoms with Gasteiger partial charge < -0.3 is 10.6 Å². The van der Waals surface area contributed by atoms with E-state index in [1.807, 2.05) is 0 Å². The summed E-state index contributed by atoms with van der Waals surface area (Å²) in [6.45, 7) is 0. The van der Waals surface area contributed by atoms with Crippen molar-refractivity contribution in [2.24, 2.45) is 0 Å². The normalized spacial score (nSPS) is 10.4. The van der Waals surface area contributed by atoms with Gasteiger partial charge in [-0.1, -0.05) is 29.3 Å². The number of aromatic nitrogens is 2. The summed E-state index contributed by atoms with van der Waals surface area (Å²) in [4.78, 5) is 20.2. The molecule has 0 atom stereocenters. The molecule has 8 heteroatoms. The third-order valence-corrected chi connectivity index (χ3v) is 3.91. The maximum absolute atomic E-state index is 13.2. The lowest BCUT2D eigenvalue weighted by Crippen LogP contribution is -2.14. The van der Waals surface area contributed by atoms with E-state index in [0.717, 1.165) is 0 Å². The molecule has 0 saturated carbocycles. The van der Waals surface area contributed by atoms with Crippen molar-refractivity contribution in [3.05, 3.63) is 76.4 Å². The fourth-order valence-corrected chi connectivity index (χ4v) is 2.33. The van der Waals surface area contributed by atoms with Crippen LogP contribution in [0.1, 0.15) is 10.5 Å². The standard InChI is InChI=1S/C17H11Cl2FN4O/c18-13-5-4-12(7-14(13)19)23-16-8-15(21-9-22-16)17(25)24-11-3-1-2-10(20)6-11/h1-9H,(H,24,25)(H,21,22,23). The van der Waals surface area contributed by atoms with Crippen molar-refractivity contribution in [1.29, 1.82) is 0 Å². The van der Waals surface area contributed by atoms with Gasteiger partial charge in [-0.3, -0.25) is 4.79 Å². The number of rotatable bonds is 4. The van der Waals surface area contributed by atoms with Gasteiger partial charge in [-0.25, -0.2) is 14.4 Å².